The highest BCUT2D eigenvalue weighted by Gasteiger charge is 2.28. The van der Waals surface area contributed by atoms with Crippen LogP contribution in [0.15, 0.2) is 40.9 Å². The van der Waals surface area contributed by atoms with E-state index in [-0.39, 0.29) is 17.7 Å². The number of hydrogen-bond acceptors (Lipinski definition) is 9. The number of amides is 1. The van der Waals surface area contributed by atoms with Gasteiger partial charge in [-0.3, -0.25) is 18.6 Å². The molecule has 11 heteroatoms. The van der Waals surface area contributed by atoms with E-state index in [1.807, 2.05) is 11.0 Å². The predicted molar refractivity (Wildman–Crippen MR) is 138 cm³/mol. The van der Waals surface area contributed by atoms with Crippen molar-refractivity contribution in [3.63, 3.8) is 0 Å². The molecule has 4 heterocycles. The van der Waals surface area contributed by atoms with Gasteiger partial charge in [0.2, 0.25) is 0 Å². The number of nitrogens with one attached hydrogen (secondary N) is 1. The number of rotatable bonds is 5. The SMILES string of the molecule is NC1=NS(O)(O)Nc2cccc(OC[C@H]3CCCN(C(=O)c4ccnc(N5CCCCC5)c4)C3)c21. The van der Waals surface area contributed by atoms with E-state index in [1.165, 1.54) is 6.42 Å². The molecule has 0 saturated carbocycles. The first-order valence-electron chi connectivity index (χ1n) is 12.1. The Morgan fingerprint density at radius 2 is 2.00 bits per heavy atom. The van der Waals surface area contributed by atoms with E-state index in [0.717, 1.165) is 51.1 Å². The minimum Gasteiger partial charge on any atom is -0.492 e. The summed E-state index contributed by atoms with van der Waals surface area (Å²) in [6, 6.07) is 8.96. The van der Waals surface area contributed by atoms with Gasteiger partial charge < -0.3 is 20.3 Å². The van der Waals surface area contributed by atoms with E-state index in [4.69, 9.17) is 10.5 Å². The smallest absolute Gasteiger partial charge is 0.254 e. The first kappa shape index (κ1) is 23.7. The fourth-order valence-electron chi connectivity index (χ4n) is 4.98. The van der Waals surface area contributed by atoms with Crippen molar-refractivity contribution in [1.82, 2.24) is 9.88 Å². The Balaban J connectivity index is 1.23. The molecule has 0 bridgehead atoms. The quantitative estimate of drug-likeness (QED) is 0.488. The van der Waals surface area contributed by atoms with E-state index in [9.17, 15) is 13.9 Å². The number of benzene rings is 1. The van der Waals surface area contributed by atoms with Gasteiger partial charge in [-0.15, -0.1) is 4.40 Å². The average molecular weight is 501 g/mol. The molecule has 3 aliphatic rings. The van der Waals surface area contributed by atoms with Gasteiger partial charge in [0, 0.05) is 43.9 Å². The van der Waals surface area contributed by atoms with Crippen molar-refractivity contribution in [1.29, 1.82) is 0 Å². The van der Waals surface area contributed by atoms with Crippen LogP contribution < -0.4 is 20.1 Å². The van der Waals surface area contributed by atoms with E-state index in [2.05, 4.69) is 19.0 Å². The largest absolute Gasteiger partial charge is 0.492 e. The molecule has 188 valence electrons. The highest BCUT2D eigenvalue weighted by atomic mass is 32.3. The number of aromatic nitrogens is 1. The van der Waals surface area contributed by atoms with Crippen molar-refractivity contribution >= 4 is 34.2 Å². The number of piperidine rings is 2. The maximum atomic E-state index is 13.3. The van der Waals surface area contributed by atoms with Gasteiger partial charge in [0.1, 0.15) is 11.6 Å². The number of fused-ring (bicyclic) bond motifs is 1. The van der Waals surface area contributed by atoms with Crippen molar-refractivity contribution in [2.24, 2.45) is 16.0 Å². The number of likely N-dealkylation sites (tertiary alicyclic amines) is 1. The molecule has 10 nitrogen and oxygen atoms in total. The third-order valence-corrected chi connectivity index (χ3v) is 7.65. The molecule has 1 atom stereocenters. The summed E-state index contributed by atoms with van der Waals surface area (Å²) in [5.41, 5.74) is 7.66. The standard InChI is InChI=1S/C24H32N6O4S/c25-23-22-19(27-35(32,33)28-23)7-4-8-20(22)34-16-17-6-5-13-30(15-17)24(31)18-9-10-26-21(14-18)29-11-2-1-3-12-29/h4,7-10,14,17,27,32-33H,1-3,5-6,11-13,15-16H2,(H2,25,28)/t17-/m0/s1. The van der Waals surface area contributed by atoms with E-state index in [0.29, 0.717) is 35.7 Å². The van der Waals surface area contributed by atoms with Crippen molar-refractivity contribution in [2.75, 3.05) is 42.4 Å². The average Bonchev–Trinajstić information content (AvgIpc) is 2.87. The minimum absolute atomic E-state index is 0.0250. The molecule has 2 fully saturated rings. The van der Waals surface area contributed by atoms with Crippen LogP contribution in [-0.4, -0.2) is 63.5 Å². The second-order valence-corrected chi connectivity index (χ2v) is 10.7. The molecular weight excluding hydrogens is 468 g/mol. The fourth-order valence-corrected chi connectivity index (χ4v) is 5.85. The zero-order valence-corrected chi connectivity index (χ0v) is 20.4. The van der Waals surface area contributed by atoms with Crippen molar-refractivity contribution in [2.45, 2.75) is 32.1 Å². The van der Waals surface area contributed by atoms with Crippen LogP contribution in [0.3, 0.4) is 0 Å². The van der Waals surface area contributed by atoms with E-state index >= 15 is 0 Å². The zero-order chi connectivity index (χ0) is 24.4. The van der Waals surface area contributed by atoms with Crippen LogP contribution in [-0.2, 0) is 0 Å². The van der Waals surface area contributed by atoms with Gasteiger partial charge in [-0.05, 0) is 67.3 Å². The minimum atomic E-state index is -3.35. The molecular formula is C24H32N6O4S. The number of ether oxygens (including phenoxy) is 1. The Hall–Kier alpha value is -3.02. The molecule has 0 spiro atoms. The maximum Gasteiger partial charge on any atom is 0.254 e. The van der Waals surface area contributed by atoms with Gasteiger partial charge in [-0.1, -0.05) is 6.07 Å². The summed E-state index contributed by atoms with van der Waals surface area (Å²) in [7, 11) is -3.35. The van der Waals surface area contributed by atoms with Crippen molar-refractivity contribution in [3.8, 4) is 5.75 Å². The molecule has 5 rings (SSSR count). The van der Waals surface area contributed by atoms with Crippen molar-refractivity contribution in [3.05, 3.63) is 47.7 Å². The molecule has 35 heavy (non-hydrogen) atoms. The van der Waals surface area contributed by atoms with Gasteiger partial charge >= 0.3 is 0 Å². The topological polar surface area (TPSA) is 137 Å². The first-order valence-corrected chi connectivity index (χ1v) is 13.6. The normalized spacial score (nSPS) is 22.5. The van der Waals surface area contributed by atoms with Crippen LogP contribution >= 0.6 is 11.0 Å². The zero-order valence-electron chi connectivity index (χ0n) is 19.6. The lowest BCUT2D eigenvalue weighted by Crippen LogP contribution is -2.41. The Labute approximate surface area is 206 Å². The second kappa shape index (κ2) is 9.92. The van der Waals surface area contributed by atoms with Crippen LogP contribution in [0, 0.1) is 5.92 Å². The summed E-state index contributed by atoms with van der Waals surface area (Å²) in [5.74, 6) is 1.62. The summed E-state index contributed by atoms with van der Waals surface area (Å²) >= 11 is 0. The number of anilines is 2. The molecule has 3 aliphatic heterocycles. The van der Waals surface area contributed by atoms with Crippen LogP contribution in [0.25, 0.3) is 0 Å². The van der Waals surface area contributed by atoms with Crippen molar-refractivity contribution < 1.29 is 18.6 Å². The van der Waals surface area contributed by atoms with Gasteiger partial charge in [0.25, 0.3) is 5.91 Å². The number of pyridine rings is 1. The van der Waals surface area contributed by atoms with Crippen LogP contribution in [0.5, 0.6) is 5.75 Å². The van der Waals surface area contributed by atoms with Gasteiger partial charge in [0.15, 0.2) is 5.84 Å². The Morgan fingerprint density at radius 3 is 2.83 bits per heavy atom. The third kappa shape index (κ3) is 5.31. The van der Waals surface area contributed by atoms with E-state index < -0.39 is 11.0 Å². The maximum absolute atomic E-state index is 13.3. The van der Waals surface area contributed by atoms with Crippen LogP contribution in [0.1, 0.15) is 48.0 Å². The van der Waals surface area contributed by atoms with E-state index in [1.54, 1.807) is 30.5 Å². The molecule has 0 radical (unpaired) electrons. The molecule has 1 aromatic carbocycles. The summed E-state index contributed by atoms with van der Waals surface area (Å²) in [4.78, 5) is 22.0. The number of nitrogens with zero attached hydrogens (tertiary/aromatic N) is 4. The number of carbonyl (C=O) groups is 1. The molecule has 2 saturated heterocycles. The molecule has 0 aliphatic carbocycles. The third-order valence-electron chi connectivity index (χ3n) is 6.71. The van der Waals surface area contributed by atoms with Gasteiger partial charge in [-0.25, -0.2) is 4.98 Å². The van der Waals surface area contributed by atoms with Gasteiger partial charge in [-0.2, -0.15) is 0 Å². The highest BCUT2D eigenvalue weighted by Crippen LogP contribution is 2.46. The number of amidine groups is 1. The monoisotopic (exact) mass is 500 g/mol. The second-order valence-electron chi connectivity index (χ2n) is 9.30. The Bertz CT molecular complexity index is 1120. The lowest BCUT2D eigenvalue weighted by molar-refractivity contribution is 0.0633. The Morgan fingerprint density at radius 1 is 1.17 bits per heavy atom. The summed E-state index contributed by atoms with van der Waals surface area (Å²) in [5, 5.41) is 0. The number of hydrogen-bond donors (Lipinski definition) is 4. The molecule has 1 aromatic heterocycles. The summed E-state index contributed by atoms with van der Waals surface area (Å²) in [6.45, 7) is 3.72. The van der Waals surface area contributed by atoms with Gasteiger partial charge in [0.05, 0.1) is 17.9 Å². The summed E-state index contributed by atoms with van der Waals surface area (Å²) in [6.07, 6.45) is 7.16. The predicted octanol–water partition coefficient (Wildman–Crippen LogP) is 3.71. The highest BCUT2D eigenvalue weighted by molar-refractivity contribution is 8.24. The lowest BCUT2D eigenvalue weighted by Gasteiger charge is -2.35. The van der Waals surface area contributed by atoms with Crippen LogP contribution in [0.2, 0.25) is 0 Å². The van der Waals surface area contributed by atoms with Crippen LogP contribution in [0.4, 0.5) is 11.5 Å². The number of carbonyl (C=O) groups excluding carboxylic acids is 1. The lowest BCUT2D eigenvalue weighted by atomic mass is 9.98. The number of nitrogens with two attached hydrogens (primary N) is 1. The molecule has 2 aromatic rings. The molecule has 0 unspecified atom stereocenters. The Kier molecular flexibility index (Phi) is 6.72. The fraction of sp³-hybridized carbons (Fsp3) is 0.458. The summed E-state index contributed by atoms with van der Waals surface area (Å²) < 4.78 is 32.2. The first-order chi connectivity index (χ1) is 16.9. The molecule has 1 amide bonds. The molecule has 5 N–H and O–H groups in total.